The summed E-state index contributed by atoms with van der Waals surface area (Å²) in [6.07, 6.45) is 1.60. The van der Waals surface area contributed by atoms with Crippen LogP contribution in [0.4, 0.5) is 10.6 Å². The number of hydrogen-bond donors (Lipinski definition) is 2. The van der Waals surface area contributed by atoms with Gasteiger partial charge in [-0.25, -0.2) is 9.78 Å². The number of amides is 2. The van der Waals surface area contributed by atoms with Crippen molar-refractivity contribution < 1.29 is 9.90 Å². The molecule has 1 heterocycles. The molecule has 0 atom stereocenters. The van der Waals surface area contributed by atoms with Crippen molar-refractivity contribution in [2.24, 2.45) is 0 Å². The zero-order valence-electron chi connectivity index (χ0n) is 9.77. The van der Waals surface area contributed by atoms with Gasteiger partial charge in [0.2, 0.25) is 0 Å². The maximum absolute atomic E-state index is 11.7. The first-order valence-electron chi connectivity index (χ1n) is 5.04. The van der Waals surface area contributed by atoms with E-state index in [4.69, 9.17) is 0 Å². The maximum Gasteiger partial charge on any atom is 0.322 e. The van der Waals surface area contributed by atoms with Crippen molar-refractivity contribution in [3.05, 3.63) is 24.4 Å². The lowest BCUT2D eigenvalue weighted by atomic mass is 10.1. The van der Waals surface area contributed by atoms with E-state index in [1.165, 1.54) is 4.90 Å². The normalized spacial score (nSPS) is 11.0. The van der Waals surface area contributed by atoms with Crippen LogP contribution in [0.25, 0.3) is 0 Å². The Hall–Kier alpha value is -1.62. The summed E-state index contributed by atoms with van der Waals surface area (Å²) in [6, 6.07) is 4.98. The highest BCUT2D eigenvalue weighted by Gasteiger charge is 2.19. The zero-order valence-corrected chi connectivity index (χ0v) is 9.77. The molecule has 2 amide bonds. The number of hydrogen-bond acceptors (Lipinski definition) is 3. The van der Waals surface area contributed by atoms with Gasteiger partial charge in [-0.1, -0.05) is 6.07 Å². The third-order valence-electron chi connectivity index (χ3n) is 1.87. The SMILES string of the molecule is CN(CC(C)(C)O)C(=O)Nc1ccccn1. The molecule has 88 valence electrons. The molecule has 0 saturated heterocycles. The summed E-state index contributed by atoms with van der Waals surface area (Å²) in [6.45, 7) is 3.56. The molecular weight excluding hydrogens is 206 g/mol. The highest BCUT2D eigenvalue weighted by atomic mass is 16.3. The summed E-state index contributed by atoms with van der Waals surface area (Å²) < 4.78 is 0. The molecule has 1 aromatic heterocycles. The van der Waals surface area contributed by atoms with Crippen molar-refractivity contribution in [3.8, 4) is 0 Å². The van der Waals surface area contributed by atoms with Crippen LogP contribution in [0.2, 0.25) is 0 Å². The Kier molecular flexibility index (Phi) is 3.84. The van der Waals surface area contributed by atoms with Gasteiger partial charge in [-0.3, -0.25) is 5.32 Å². The van der Waals surface area contributed by atoms with Gasteiger partial charge in [0.1, 0.15) is 5.82 Å². The molecule has 0 fully saturated rings. The molecule has 0 radical (unpaired) electrons. The average Bonchev–Trinajstić information content (AvgIpc) is 2.16. The van der Waals surface area contributed by atoms with E-state index in [-0.39, 0.29) is 12.6 Å². The van der Waals surface area contributed by atoms with E-state index in [9.17, 15) is 9.90 Å². The van der Waals surface area contributed by atoms with Crippen LogP contribution in [-0.4, -0.2) is 40.2 Å². The number of urea groups is 1. The summed E-state index contributed by atoms with van der Waals surface area (Å²) in [5, 5.41) is 12.2. The van der Waals surface area contributed by atoms with Gasteiger partial charge in [0.05, 0.1) is 12.1 Å². The quantitative estimate of drug-likeness (QED) is 0.812. The Bertz CT molecular complexity index is 346. The Morgan fingerprint density at radius 3 is 2.75 bits per heavy atom. The second kappa shape index (κ2) is 4.94. The molecule has 0 aliphatic rings. The van der Waals surface area contributed by atoms with Crippen LogP contribution in [0.1, 0.15) is 13.8 Å². The number of aliphatic hydroxyl groups is 1. The van der Waals surface area contributed by atoms with Crippen LogP contribution in [0.5, 0.6) is 0 Å². The number of aromatic nitrogens is 1. The molecule has 2 N–H and O–H groups in total. The average molecular weight is 223 g/mol. The second-order valence-corrected chi connectivity index (χ2v) is 4.31. The zero-order chi connectivity index (χ0) is 12.2. The number of nitrogens with zero attached hydrogens (tertiary/aromatic N) is 2. The van der Waals surface area contributed by atoms with Gasteiger partial charge in [0.25, 0.3) is 0 Å². The van der Waals surface area contributed by atoms with Gasteiger partial charge < -0.3 is 10.0 Å². The summed E-state index contributed by atoms with van der Waals surface area (Å²) in [4.78, 5) is 17.0. The minimum absolute atomic E-state index is 0.256. The van der Waals surface area contributed by atoms with Crippen molar-refractivity contribution in [1.29, 1.82) is 0 Å². The van der Waals surface area contributed by atoms with Gasteiger partial charge >= 0.3 is 6.03 Å². The van der Waals surface area contributed by atoms with Crippen LogP contribution >= 0.6 is 0 Å². The van der Waals surface area contributed by atoms with E-state index in [1.807, 2.05) is 0 Å². The van der Waals surface area contributed by atoms with E-state index in [0.29, 0.717) is 5.82 Å². The van der Waals surface area contributed by atoms with Crippen molar-refractivity contribution in [2.45, 2.75) is 19.4 Å². The van der Waals surface area contributed by atoms with E-state index in [1.54, 1.807) is 45.3 Å². The number of nitrogens with one attached hydrogen (secondary N) is 1. The minimum atomic E-state index is -0.907. The summed E-state index contributed by atoms with van der Waals surface area (Å²) in [7, 11) is 1.62. The van der Waals surface area contributed by atoms with Gasteiger partial charge in [-0.15, -0.1) is 0 Å². The third kappa shape index (κ3) is 4.27. The number of likely N-dealkylation sites (N-methyl/N-ethyl adjacent to an activating group) is 1. The lowest BCUT2D eigenvalue weighted by Gasteiger charge is -2.25. The Balaban J connectivity index is 2.53. The lowest BCUT2D eigenvalue weighted by Crippen LogP contribution is -2.41. The smallest absolute Gasteiger partial charge is 0.322 e. The first-order chi connectivity index (χ1) is 7.38. The van der Waals surface area contributed by atoms with E-state index in [0.717, 1.165) is 0 Å². The van der Waals surface area contributed by atoms with Gasteiger partial charge in [0, 0.05) is 13.2 Å². The molecule has 1 aromatic rings. The predicted molar refractivity (Wildman–Crippen MR) is 62.2 cm³/mol. The first-order valence-corrected chi connectivity index (χ1v) is 5.04. The fourth-order valence-electron chi connectivity index (χ4n) is 1.29. The topological polar surface area (TPSA) is 65.5 Å². The highest BCUT2D eigenvalue weighted by molar-refractivity contribution is 5.88. The molecule has 0 aliphatic heterocycles. The molecule has 0 spiro atoms. The van der Waals surface area contributed by atoms with Crippen LogP contribution in [0.3, 0.4) is 0 Å². The number of carbonyl (C=O) groups is 1. The highest BCUT2D eigenvalue weighted by Crippen LogP contribution is 2.06. The molecular formula is C11H17N3O2. The molecule has 0 aliphatic carbocycles. The monoisotopic (exact) mass is 223 g/mol. The van der Waals surface area contributed by atoms with Gasteiger partial charge in [-0.05, 0) is 26.0 Å². The van der Waals surface area contributed by atoms with Crippen molar-refractivity contribution in [1.82, 2.24) is 9.88 Å². The van der Waals surface area contributed by atoms with Crippen LogP contribution in [0.15, 0.2) is 24.4 Å². The number of carbonyl (C=O) groups excluding carboxylic acids is 1. The Morgan fingerprint density at radius 1 is 1.56 bits per heavy atom. The molecule has 16 heavy (non-hydrogen) atoms. The summed E-state index contributed by atoms with van der Waals surface area (Å²) in [5.74, 6) is 0.495. The van der Waals surface area contributed by atoms with E-state index in [2.05, 4.69) is 10.3 Å². The molecule has 0 bridgehead atoms. The number of anilines is 1. The van der Waals surface area contributed by atoms with E-state index < -0.39 is 5.60 Å². The largest absolute Gasteiger partial charge is 0.389 e. The number of pyridine rings is 1. The minimum Gasteiger partial charge on any atom is -0.389 e. The van der Waals surface area contributed by atoms with Crippen molar-refractivity contribution in [2.75, 3.05) is 18.9 Å². The Morgan fingerprint density at radius 2 is 2.25 bits per heavy atom. The van der Waals surface area contributed by atoms with Crippen LogP contribution in [0, 0.1) is 0 Å². The first kappa shape index (κ1) is 12.4. The van der Waals surface area contributed by atoms with Crippen molar-refractivity contribution >= 4 is 11.8 Å². The molecule has 5 heteroatoms. The third-order valence-corrected chi connectivity index (χ3v) is 1.87. The van der Waals surface area contributed by atoms with E-state index >= 15 is 0 Å². The molecule has 0 unspecified atom stereocenters. The van der Waals surface area contributed by atoms with Crippen molar-refractivity contribution in [3.63, 3.8) is 0 Å². The molecule has 0 aromatic carbocycles. The molecule has 1 rings (SSSR count). The fourth-order valence-corrected chi connectivity index (χ4v) is 1.29. The Labute approximate surface area is 95.1 Å². The fraction of sp³-hybridized carbons (Fsp3) is 0.455. The lowest BCUT2D eigenvalue weighted by molar-refractivity contribution is 0.0550. The van der Waals surface area contributed by atoms with Gasteiger partial charge in [-0.2, -0.15) is 0 Å². The van der Waals surface area contributed by atoms with Crippen LogP contribution < -0.4 is 5.32 Å². The second-order valence-electron chi connectivity index (χ2n) is 4.31. The predicted octanol–water partition coefficient (Wildman–Crippen LogP) is 1.32. The maximum atomic E-state index is 11.7. The van der Waals surface area contributed by atoms with Crippen LogP contribution in [-0.2, 0) is 0 Å². The van der Waals surface area contributed by atoms with Gasteiger partial charge in [0.15, 0.2) is 0 Å². The standard InChI is InChI=1S/C11H17N3O2/c1-11(2,16)8-14(3)10(15)13-9-6-4-5-7-12-9/h4-7,16H,8H2,1-3H3,(H,12,13,15). The molecule has 5 nitrogen and oxygen atoms in total. The summed E-state index contributed by atoms with van der Waals surface area (Å²) in [5.41, 5.74) is -0.907. The molecule has 0 saturated carbocycles. The summed E-state index contributed by atoms with van der Waals surface area (Å²) >= 11 is 0. The number of rotatable bonds is 3.